The van der Waals surface area contributed by atoms with Gasteiger partial charge in [0.05, 0.1) is 24.0 Å². The van der Waals surface area contributed by atoms with Crippen molar-refractivity contribution in [3.05, 3.63) is 41.6 Å². The Kier molecular flexibility index (Phi) is 6.32. The summed E-state index contributed by atoms with van der Waals surface area (Å²) in [6.07, 6.45) is -2.66. The lowest BCUT2D eigenvalue weighted by atomic mass is 10.1. The lowest BCUT2D eigenvalue weighted by molar-refractivity contribution is -0.141. The number of carbonyl (C=O) groups excluding carboxylic acids is 1. The number of alkyl halides is 3. The van der Waals surface area contributed by atoms with E-state index in [0.717, 1.165) is 23.3 Å². The molecule has 1 heterocycles. The van der Waals surface area contributed by atoms with Gasteiger partial charge < -0.3 is 9.47 Å². The van der Waals surface area contributed by atoms with Crippen LogP contribution in [0.15, 0.2) is 35.6 Å². The average molecular weight is 386 g/mol. The molecule has 0 radical (unpaired) electrons. The van der Waals surface area contributed by atoms with E-state index in [1.807, 2.05) is 0 Å². The summed E-state index contributed by atoms with van der Waals surface area (Å²) in [5, 5.41) is 5.20. The molecule has 0 saturated heterocycles. The van der Waals surface area contributed by atoms with E-state index in [0.29, 0.717) is 0 Å². The summed E-state index contributed by atoms with van der Waals surface area (Å²) in [7, 11) is 0. The van der Waals surface area contributed by atoms with Gasteiger partial charge in [0.15, 0.2) is 5.84 Å². The highest BCUT2D eigenvalue weighted by molar-refractivity contribution is 5.99. The minimum Gasteiger partial charge on any atom is -0.491 e. The van der Waals surface area contributed by atoms with Crippen LogP contribution in [-0.2, 0) is 15.7 Å². The van der Waals surface area contributed by atoms with E-state index in [1.165, 1.54) is 12.3 Å². The predicted molar refractivity (Wildman–Crippen MR) is 92.2 cm³/mol. The lowest BCUT2D eigenvalue weighted by Gasteiger charge is -2.14. The fourth-order valence-electron chi connectivity index (χ4n) is 2.11. The fourth-order valence-corrected chi connectivity index (χ4v) is 2.11. The predicted octanol–water partition coefficient (Wildman–Crippen LogP) is 2.94. The summed E-state index contributed by atoms with van der Waals surface area (Å²) in [5.41, 5.74) is 4.56. The van der Waals surface area contributed by atoms with E-state index >= 15 is 0 Å². The molecule has 0 atom stereocenters. The second-order valence-corrected chi connectivity index (χ2v) is 6.24. The number of hydrazone groups is 1. The third-order valence-corrected chi connectivity index (χ3v) is 3.08. The first-order valence-corrected chi connectivity index (χ1v) is 8.22. The molecule has 1 aliphatic heterocycles. The summed E-state index contributed by atoms with van der Waals surface area (Å²) in [4.78, 5) is 11.5. The van der Waals surface area contributed by atoms with Crippen molar-refractivity contribution in [3.63, 3.8) is 0 Å². The Hall–Kier alpha value is -2.75. The second kappa shape index (κ2) is 8.30. The van der Waals surface area contributed by atoms with Crippen LogP contribution in [0, 0.1) is 0 Å². The van der Waals surface area contributed by atoms with E-state index in [2.05, 4.69) is 16.1 Å². The van der Waals surface area contributed by atoms with Crippen molar-refractivity contribution >= 4 is 11.8 Å². The maximum absolute atomic E-state index is 13.2. The number of benzene rings is 1. The molecule has 148 valence electrons. The Labute approximate surface area is 154 Å². The molecule has 27 heavy (non-hydrogen) atoms. The first kappa shape index (κ1) is 20.6. The average Bonchev–Trinajstić information content (AvgIpc) is 2.99. The van der Waals surface area contributed by atoms with Crippen LogP contribution >= 0.6 is 0 Å². The smallest absolute Gasteiger partial charge is 0.416 e. The second-order valence-electron chi connectivity index (χ2n) is 6.24. The normalized spacial score (nSPS) is 14.7. The lowest BCUT2D eigenvalue weighted by Crippen LogP contribution is -2.36. The van der Waals surface area contributed by atoms with Crippen molar-refractivity contribution < 1.29 is 27.4 Å². The van der Waals surface area contributed by atoms with Crippen LogP contribution in [-0.4, -0.2) is 29.1 Å². The number of hydrogen-bond acceptors (Lipinski definition) is 7. The summed E-state index contributed by atoms with van der Waals surface area (Å²) in [5.74, 6) is -0.354. The molecule has 0 spiro atoms. The van der Waals surface area contributed by atoms with Crippen molar-refractivity contribution in [2.75, 3.05) is 0 Å². The maximum atomic E-state index is 13.2. The molecule has 0 saturated carbocycles. The zero-order chi connectivity index (χ0) is 20.2. The molecule has 0 unspecified atom stereocenters. The van der Waals surface area contributed by atoms with Gasteiger partial charge in [-0.1, -0.05) is 0 Å². The maximum Gasteiger partial charge on any atom is 0.416 e. The van der Waals surface area contributed by atoms with Crippen LogP contribution in [0.2, 0.25) is 0 Å². The highest BCUT2D eigenvalue weighted by atomic mass is 19.4. The molecule has 0 aromatic heterocycles. The van der Waals surface area contributed by atoms with Gasteiger partial charge in [-0.15, -0.1) is 10.6 Å². The molecule has 0 fully saturated rings. The van der Waals surface area contributed by atoms with Gasteiger partial charge >= 0.3 is 12.1 Å². The molecule has 7 nitrogen and oxygen atoms in total. The number of esters is 1. The summed E-state index contributed by atoms with van der Waals surface area (Å²) >= 11 is 0. The van der Waals surface area contributed by atoms with Crippen molar-refractivity contribution in [2.45, 2.75) is 46.1 Å². The Balaban J connectivity index is 2.24. The van der Waals surface area contributed by atoms with Gasteiger partial charge in [0.2, 0.25) is 0 Å². The zero-order valence-electron chi connectivity index (χ0n) is 15.3. The molecular weight excluding hydrogens is 365 g/mol. The largest absolute Gasteiger partial charge is 0.491 e. The first-order valence-electron chi connectivity index (χ1n) is 8.22. The zero-order valence-corrected chi connectivity index (χ0v) is 15.3. The molecule has 0 aliphatic carbocycles. The topological polar surface area (TPSA) is 75.2 Å². The molecule has 0 amide bonds. The van der Waals surface area contributed by atoms with Gasteiger partial charge in [0.1, 0.15) is 5.75 Å². The van der Waals surface area contributed by atoms with Gasteiger partial charge in [-0.05, 0) is 45.9 Å². The van der Waals surface area contributed by atoms with Gasteiger partial charge in [-0.3, -0.25) is 5.43 Å². The molecule has 2 N–H and O–H groups in total. The Bertz CT molecular complexity index is 745. The van der Waals surface area contributed by atoms with Gasteiger partial charge in [-0.25, -0.2) is 4.79 Å². The van der Waals surface area contributed by atoms with Gasteiger partial charge in [0.25, 0.3) is 0 Å². The van der Waals surface area contributed by atoms with Crippen LogP contribution in [0.1, 0.15) is 38.8 Å². The minimum atomic E-state index is -4.53. The number of nitrogens with zero attached hydrogens (tertiary/aromatic N) is 2. The fraction of sp³-hybridized carbons (Fsp3) is 0.412. The highest BCUT2D eigenvalue weighted by Crippen LogP contribution is 2.33. The molecule has 0 bridgehead atoms. The van der Waals surface area contributed by atoms with Crippen LogP contribution in [0.5, 0.6) is 5.75 Å². The minimum absolute atomic E-state index is 0.0776. The Morgan fingerprint density at radius 1 is 1.19 bits per heavy atom. The molecule has 2 rings (SSSR count). The van der Waals surface area contributed by atoms with Crippen molar-refractivity contribution in [1.82, 2.24) is 16.1 Å². The number of nitrogens with one attached hydrogen (secondary N) is 2. The number of hydrazine groups is 2. The molecular formula is C17H21F3N4O3. The van der Waals surface area contributed by atoms with Crippen LogP contribution in [0.4, 0.5) is 13.2 Å². The number of amidine groups is 1. The van der Waals surface area contributed by atoms with Gasteiger partial charge in [-0.2, -0.15) is 18.3 Å². The molecule has 1 aromatic carbocycles. The highest BCUT2D eigenvalue weighted by Gasteiger charge is 2.32. The SMILES string of the molecule is CC(C)OC(=O)/C=C\N1N=C(c2cc(OC(C)C)cc(C(F)(F)F)c2)NN1. The van der Waals surface area contributed by atoms with Crippen LogP contribution in [0.25, 0.3) is 0 Å². The Morgan fingerprint density at radius 2 is 1.89 bits per heavy atom. The van der Waals surface area contributed by atoms with E-state index in [9.17, 15) is 18.0 Å². The molecule has 1 aliphatic rings. The summed E-state index contributed by atoms with van der Waals surface area (Å²) in [6.45, 7) is 6.86. The third kappa shape index (κ3) is 6.17. The third-order valence-electron chi connectivity index (χ3n) is 3.08. The van der Waals surface area contributed by atoms with Gasteiger partial charge in [0, 0.05) is 11.6 Å². The number of hydrogen-bond donors (Lipinski definition) is 2. The molecule has 1 aromatic rings. The summed E-state index contributed by atoms with van der Waals surface area (Å²) in [6, 6.07) is 3.34. The van der Waals surface area contributed by atoms with Crippen LogP contribution < -0.4 is 15.7 Å². The van der Waals surface area contributed by atoms with Crippen molar-refractivity contribution in [1.29, 1.82) is 0 Å². The molecule has 10 heteroatoms. The van der Waals surface area contributed by atoms with E-state index < -0.39 is 17.7 Å². The van der Waals surface area contributed by atoms with E-state index in [1.54, 1.807) is 27.7 Å². The quantitative estimate of drug-likeness (QED) is 0.578. The standard InChI is InChI=1S/C17H21F3N4O3/c1-10(2)26-14-8-12(7-13(9-14)17(18,19)20)16-21-23-24(22-16)6-5-15(25)27-11(3)4/h5-11,23H,1-4H3,(H,21,22)/b6-5-. The Morgan fingerprint density at radius 3 is 2.48 bits per heavy atom. The van der Waals surface area contributed by atoms with Crippen LogP contribution in [0.3, 0.4) is 0 Å². The van der Waals surface area contributed by atoms with Crippen molar-refractivity contribution in [3.8, 4) is 5.75 Å². The first-order chi connectivity index (χ1) is 12.5. The number of ether oxygens (including phenoxy) is 2. The monoisotopic (exact) mass is 386 g/mol. The number of halogens is 3. The number of rotatable bonds is 6. The van der Waals surface area contributed by atoms with E-state index in [4.69, 9.17) is 9.47 Å². The van der Waals surface area contributed by atoms with Crippen molar-refractivity contribution in [2.24, 2.45) is 5.10 Å². The summed E-state index contributed by atoms with van der Waals surface area (Å²) < 4.78 is 49.8. The van der Waals surface area contributed by atoms with E-state index in [-0.39, 0.29) is 29.4 Å². The number of carbonyl (C=O) groups is 1.